The normalized spacial score (nSPS) is 32.0. The summed E-state index contributed by atoms with van der Waals surface area (Å²) in [5.74, 6) is 0. The summed E-state index contributed by atoms with van der Waals surface area (Å²) in [5, 5.41) is 10.6. The average molecular weight is 372 g/mol. The van der Waals surface area contributed by atoms with Crippen LogP contribution in [0, 0.1) is 6.92 Å². The van der Waals surface area contributed by atoms with Gasteiger partial charge < -0.3 is 19.3 Å². The number of unbranched alkanes of at least 4 members (excludes halogenated alkanes) is 1. The van der Waals surface area contributed by atoms with Gasteiger partial charge in [0, 0.05) is 6.61 Å². The highest BCUT2D eigenvalue weighted by molar-refractivity contribution is 7.86. The molecule has 1 N–H and O–H groups in total. The topological polar surface area (TPSA) is 91.3 Å². The van der Waals surface area contributed by atoms with Crippen molar-refractivity contribution in [2.75, 3.05) is 13.2 Å². The summed E-state index contributed by atoms with van der Waals surface area (Å²) in [4.78, 5) is 0.0221. The molecule has 25 heavy (non-hydrogen) atoms. The molecule has 140 valence electrons. The lowest BCUT2D eigenvalue weighted by Crippen LogP contribution is -2.56. The molecule has 0 aliphatic carbocycles. The largest absolute Gasteiger partial charge is 0.387 e. The van der Waals surface area contributed by atoms with Crippen LogP contribution in [0.1, 0.15) is 25.3 Å². The fourth-order valence-corrected chi connectivity index (χ4v) is 4.01. The number of hydrogen-bond donors (Lipinski definition) is 1. The molecule has 2 bridgehead atoms. The lowest BCUT2D eigenvalue weighted by atomic mass is 10.0. The van der Waals surface area contributed by atoms with Gasteiger partial charge in [0.1, 0.15) is 18.3 Å². The van der Waals surface area contributed by atoms with Crippen LogP contribution in [-0.4, -0.2) is 57.4 Å². The van der Waals surface area contributed by atoms with Crippen LogP contribution < -0.4 is 0 Å². The van der Waals surface area contributed by atoms with Crippen molar-refractivity contribution in [3.05, 3.63) is 29.8 Å². The Morgan fingerprint density at radius 2 is 1.96 bits per heavy atom. The Bertz CT molecular complexity index is 673. The van der Waals surface area contributed by atoms with Crippen LogP contribution in [0.2, 0.25) is 0 Å². The zero-order valence-corrected chi connectivity index (χ0v) is 15.1. The van der Waals surface area contributed by atoms with Gasteiger partial charge in [-0.25, -0.2) is 0 Å². The van der Waals surface area contributed by atoms with Crippen molar-refractivity contribution < 1.29 is 31.9 Å². The molecule has 8 heteroatoms. The quantitative estimate of drug-likeness (QED) is 0.571. The van der Waals surface area contributed by atoms with E-state index in [1.807, 2.05) is 13.8 Å². The van der Waals surface area contributed by atoms with E-state index >= 15 is 0 Å². The smallest absolute Gasteiger partial charge is 0.297 e. The molecule has 0 radical (unpaired) electrons. The monoisotopic (exact) mass is 372 g/mol. The number of aliphatic hydroxyl groups excluding tert-OH is 1. The molecular weight excluding hydrogens is 348 g/mol. The highest BCUT2D eigenvalue weighted by atomic mass is 32.2. The predicted molar refractivity (Wildman–Crippen MR) is 88.5 cm³/mol. The molecular formula is C17H24O7S. The van der Waals surface area contributed by atoms with Gasteiger partial charge in [-0.15, -0.1) is 0 Å². The molecule has 2 aliphatic heterocycles. The Kier molecular flexibility index (Phi) is 5.77. The highest BCUT2D eigenvalue weighted by Crippen LogP contribution is 2.33. The number of benzene rings is 1. The summed E-state index contributed by atoms with van der Waals surface area (Å²) in [6.45, 7) is 4.59. The van der Waals surface area contributed by atoms with E-state index in [1.165, 1.54) is 12.1 Å². The van der Waals surface area contributed by atoms with Crippen LogP contribution in [0.3, 0.4) is 0 Å². The standard InChI is InChI=1S/C17H24O7S/c1-3-4-9-21-15-13-10-22-17(23-13)16(14(15)18)24-25(19,20)12-7-5-11(2)6-8-12/h5-8,13-18H,3-4,9-10H2,1-2H3. The van der Waals surface area contributed by atoms with Gasteiger partial charge in [-0.1, -0.05) is 31.0 Å². The third-order valence-corrected chi connectivity index (χ3v) is 5.72. The summed E-state index contributed by atoms with van der Waals surface area (Å²) in [7, 11) is -4.06. The molecule has 2 saturated heterocycles. The molecule has 2 heterocycles. The third-order valence-electron chi connectivity index (χ3n) is 4.40. The van der Waals surface area contributed by atoms with Crippen molar-refractivity contribution in [2.24, 2.45) is 0 Å². The lowest BCUT2D eigenvalue weighted by molar-refractivity contribution is -0.230. The van der Waals surface area contributed by atoms with E-state index in [9.17, 15) is 13.5 Å². The summed E-state index contributed by atoms with van der Waals surface area (Å²) < 4.78 is 47.1. The molecule has 0 aromatic heterocycles. The fraction of sp³-hybridized carbons (Fsp3) is 0.647. The average Bonchev–Trinajstić information content (AvgIpc) is 3.01. The fourth-order valence-electron chi connectivity index (χ4n) is 2.93. The minimum absolute atomic E-state index is 0.0221. The van der Waals surface area contributed by atoms with E-state index in [0.29, 0.717) is 6.61 Å². The van der Waals surface area contributed by atoms with E-state index < -0.39 is 40.8 Å². The predicted octanol–water partition coefficient (Wildman–Crippen LogP) is 1.37. The summed E-state index contributed by atoms with van der Waals surface area (Å²) >= 11 is 0. The van der Waals surface area contributed by atoms with Gasteiger partial charge in [0.2, 0.25) is 0 Å². The molecule has 5 unspecified atom stereocenters. The van der Waals surface area contributed by atoms with Crippen LogP contribution in [0.25, 0.3) is 0 Å². The second-order valence-corrected chi connectivity index (χ2v) is 7.96. The Morgan fingerprint density at radius 1 is 1.24 bits per heavy atom. The van der Waals surface area contributed by atoms with Crippen LogP contribution in [-0.2, 0) is 28.5 Å². The Morgan fingerprint density at radius 3 is 2.64 bits per heavy atom. The number of hydrogen-bond acceptors (Lipinski definition) is 7. The number of aliphatic hydroxyl groups is 1. The highest BCUT2D eigenvalue weighted by Gasteiger charge is 2.53. The van der Waals surface area contributed by atoms with Crippen molar-refractivity contribution in [2.45, 2.75) is 62.3 Å². The second kappa shape index (κ2) is 7.69. The van der Waals surface area contributed by atoms with Crippen LogP contribution in [0.15, 0.2) is 29.2 Å². The van der Waals surface area contributed by atoms with Gasteiger partial charge in [-0.05, 0) is 25.5 Å². The first-order valence-corrected chi connectivity index (χ1v) is 9.90. The van der Waals surface area contributed by atoms with Gasteiger partial charge in [0.05, 0.1) is 11.5 Å². The van der Waals surface area contributed by atoms with Crippen molar-refractivity contribution >= 4 is 10.1 Å². The van der Waals surface area contributed by atoms with E-state index in [0.717, 1.165) is 18.4 Å². The van der Waals surface area contributed by atoms with Gasteiger partial charge in [0.15, 0.2) is 12.4 Å². The minimum Gasteiger partial charge on any atom is -0.387 e. The third kappa shape index (κ3) is 4.05. The Labute approximate surface area is 148 Å². The van der Waals surface area contributed by atoms with Crippen LogP contribution in [0.5, 0.6) is 0 Å². The van der Waals surface area contributed by atoms with E-state index in [1.54, 1.807) is 12.1 Å². The maximum Gasteiger partial charge on any atom is 0.297 e. The molecule has 0 spiro atoms. The van der Waals surface area contributed by atoms with Gasteiger partial charge in [-0.2, -0.15) is 8.42 Å². The molecule has 7 nitrogen and oxygen atoms in total. The zero-order chi connectivity index (χ0) is 18.0. The van der Waals surface area contributed by atoms with E-state index in [-0.39, 0.29) is 11.5 Å². The molecule has 5 atom stereocenters. The Hall–Kier alpha value is -1.03. The maximum absolute atomic E-state index is 12.5. The molecule has 2 aliphatic rings. The zero-order valence-electron chi connectivity index (χ0n) is 14.3. The molecule has 2 fully saturated rings. The van der Waals surface area contributed by atoms with Crippen molar-refractivity contribution in [3.8, 4) is 0 Å². The van der Waals surface area contributed by atoms with Crippen LogP contribution in [0.4, 0.5) is 0 Å². The summed E-state index contributed by atoms with van der Waals surface area (Å²) in [6.07, 6.45) is -2.55. The molecule has 0 amide bonds. The molecule has 0 saturated carbocycles. The van der Waals surface area contributed by atoms with Crippen molar-refractivity contribution in [1.82, 2.24) is 0 Å². The second-order valence-electron chi connectivity index (χ2n) is 6.38. The SMILES string of the molecule is CCCCOC1C2COC(O2)C(OS(=O)(=O)c2ccc(C)cc2)C1O. The first-order valence-electron chi connectivity index (χ1n) is 8.49. The van der Waals surface area contributed by atoms with Gasteiger partial charge in [0.25, 0.3) is 10.1 Å². The van der Waals surface area contributed by atoms with Crippen molar-refractivity contribution in [3.63, 3.8) is 0 Å². The van der Waals surface area contributed by atoms with Gasteiger partial charge >= 0.3 is 0 Å². The van der Waals surface area contributed by atoms with E-state index in [2.05, 4.69) is 0 Å². The summed E-state index contributed by atoms with van der Waals surface area (Å²) in [6, 6.07) is 6.30. The number of ether oxygens (including phenoxy) is 3. The molecule has 1 aromatic rings. The summed E-state index contributed by atoms with van der Waals surface area (Å²) in [5.41, 5.74) is 0.936. The van der Waals surface area contributed by atoms with Crippen LogP contribution >= 0.6 is 0 Å². The molecule has 1 aromatic carbocycles. The number of rotatable bonds is 7. The van der Waals surface area contributed by atoms with Crippen molar-refractivity contribution in [1.29, 1.82) is 0 Å². The first kappa shape index (κ1) is 18.8. The van der Waals surface area contributed by atoms with E-state index in [4.69, 9.17) is 18.4 Å². The minimum atomic E-state index is -4.06. The van der Waals surface area contributed by atoms with Gasteiger partial charge in [-0.3, -0.25) is 4.18 Å². The number of fused-ring (bicyclic) bond motifs is 2. The maximum atomic E-state index is 12.5. The first-order chi connectivity index (χ1) is 11.9. The lowest BCUT2D eigenvalue weighted by Gasteiger charge is -2.37. The molecule has 3 rings (SSSR count). The Balaban J connectivity index is 1.75. The number of aryl methyl sites for hydroxylation is 1.